The maximum Gasteiger partial charge on any atom is 0.161 e. The van der Waals surface area contributed by atoms with Gasteiger partial charge >= 0.3 is 0 Å². The van der Waals surface area contributed by atoms with Crippen LogP contribution in [-0.4, -0.2) is 17.0 Å². The fourth-order valence-corrected chi connectivity index (χ4v) is 3.50. The average molecular weight is 283 g/mol. The molecule has 2 rings (SSSR count). The van der Waals surface area contributed by atoms with E-state index in [-0.39, 0.29) is 0 Å². The molecule has 0 aliphatic carbocycles. The third kappa shape index (κ3) is 3.92. The Balaban J connectivity index is 1.92. The first-order valence-corrected chi connectivity index (χ1v) is 7.42. The van der Waals surface area contributed by atoms with Crippen LogP contribution in [0.15, 0.2) is 29.3 Å². The fraction of sp³-hybridized carbons (Fsp3) is 0.500. The van der Waals surface area contributed by atoms with Gasteiger partial charge in [0.2, 0.25) is 0 Å². The van der Waals surface area contributed by atoms with Crippen LogP contribution in [0.3, 0.4) is 0 Å². The maximum absolute atomic E-state index is 6.12. The summed E-state index contributed by atoms with van der Waals surface area (Å²) in [5.41, 5.74) is 1.29. The molecule has 1 aromatic rings. The molecule has 1 atom stereocenters. The first-order valence-electron chi connectivity index (χ1n) is 6.17. The largest absolute Gasteiger partial charge is 0.334 e. The predicted molar refractivity (Wildman–Crippen MR) is 82.8 cm³/mol. The minimum absolute atomic E-state index is 0.354. The normalized spacial score (nSPS) is 19.8. The molecule has 1 unspecified atom stereocenters. The lowest BCUT2D eigenvalue weighted by Gasteiger charge is -2.21. The van der Waals surface area contributed by atoms with Crippen molar-refractivity contribution in [3.8, 4) is 0 Å². The van der Waals surface area contributed by atoms with E-state index < -0.39 is 0 Å². The number of thioether (sulfide) groups is 1. The first kappa shape index (κ1) is 13.8. The van der Waals surface area contributed by atoms with Crippen molar-refractivity contribution < 1.29 is 0 Å². The number of para-hydroxylation sites is 1. The van der Waals surface area contributed by atoms with Crippen LogP contribution in [0.1, 0.15) is 27.2 Å². The molecular weight excluding hydrogens is 264 g/mol. The highest BCUT2D eigenvalue weighted by Crippen LogP contribution is 2.33. The van der Waals surface area contributed by atoms with Crippen molar-refractivity contribution in [3.63, 3.8) is 0 Å². The van der Waals surface area contributed by atoms with Crippen molar-refractivity contribution in [2.45, 2.75) is 32.4 Å². The van der Waals surface area contributed by atoms with Gasteiger partial charge in [0.15, 0.2) is 5.17 Å². The van der Waals surface area contributed by atoms with E-state index in [1.54, 1.807) is 0 Å². The standard InChI is InChI=1S/C14H19ClN2S/c1-14(2,3)8-10-9-16-13(18-10)17-12-7-5-4-6-11(12)15/h4-7,10H,8-9H2,1-3H3,(H,16,17). The van der Waals surface area contributed by atoms with Crippen LogP contribution in [0.4, 0.5) is 5.69 Å². The molecule has 0 saturated carbocycles. The number of benzene rings is 1. The van der Waals surface area contributed by atoms with Gasteiger partial charge in [-0.1, -0.05) is 56.3 Å². The van der Waals surface area contributed by atoms with Crippen LogP contribution in [0, 0.1) is 5.41 Å². The SMILES string of the molecule is CC(C)(C)CC1CN=C(Nc2ccccc2Cl)S1. The molecule has 0 amide bonds. The summed E-state index contributed by atoms with van der Waals surface area (Å²) < 4.78 is 0. The van der Waals surface area contributed by atoms with Crippen molar-refractivity contribution in [1.29, 1.82) is 0 Å². The van der Waals surface area contributed by atoms with E-state index in [9.17, 15) is 0 Å². The Kier molecular flexibility index (Phi) is 4.23. The second-order valence-corrected chi connectivity index (χ2v) is 7.45. The summed E-state index contributed by atoms with van der Waals surface area (Å²) in [5, 5.41) is 5.60. The van der Waals surface area contributed by atoms with Crippen molar-refractivity contribution in [2.24, 2.45) is 10.4 Å². The molecule has 4 heteroatoms. The van der Waals surface area contributed by atoms with Gasteiger partial charge in [0.25, 0.3) is 0 Å². The molecule has 0 bridgehead atoms. The van der Waals surface area contributed by atoms with Crippen LogP contribution >= 0.6 is 23.4 Å². The second-order valence-electron chi connectivity index (χ2n) is 5.76. The molecule has 1 aliphatic rings. The van der Waals surface area contributed by atoms with Gasteiger partial charge in [-0.05, 0) is 24.0 Å². The number of hydrogen-bond acceptors (Lipinski definition) is 3. The molecule has 1 heterocycles. The van der Waals surface area contributed by atoms with Gasteiger partial charge in [-0.3, -0.25) is 4.99 Å². The van der Waals surface area contributed by atoms with Crippen molar-refractivity contribution >= 4 is 34.2 Å². The zero-order valence-electron chi connectivity index (χ0n) is 11.0. The maximum atomic E-state index is 6.12. The minimum atomic E-state index is 0.354. The summed E-state index contributed by atoms with van der Waals surface area (Å²) in [5.74, 6) is 0. The van der Waals surface area contributed by atoms with E-state index in [0.717, 1.165) is 22.4 Å². The molecule has 1 aliphatic heterocycles. The zero-order chi connectivity index (χ0) is 13.2. The van der Waals surface area contributed by atoms with Gasteiger partial charge in [-0.25, -0.2) is 0 Å². The summed E-state index contributed by atoms with van der Waals surface area (Å²) in [6.07, 6.45) is 1.18. The summed E-state index contributed by atoms with van der Waals surface area (Å²) in [6.45, 7) is 7.71. The summed E-state index contributed by atoms with van der Waals surface area (Å²) in [7, 11) is 0. The molecular formula is C14H19ClN2S. The minimum Gasteiger partial charge on any atom is -0.334 e. The van der Waals surface area contributed by atoms with E-state index in [2.05, 4.69) is 31.1 Å². The second kappa shape index (κ2) is 5.54. The number of hydrogen-bond donors (Lipinski definition) is 1. The Bertz CT molecular complexity index is 451. The van der Waals surface area contributed by atoms with Crippen molar-refractivity contribution in [3.05, 3.63) is 29.3 Å². The number of rotatable bonds is 2. The number of anilines is 1. The molecule has 0 spiro atoms. The number of nitrogens with one attached hydrogen (secondary N) is 1. The average Bonchev–Trinajstić information content (AvgIpc) is 2.66. The molecule has 98 valence electrons. The topological polar surface area (TPSA) is 24.4 Å². The molecule has 0 aromatic heterocycles. The van der Waals surface area contributed by atoms with Gasteiger partial charge < -0.3 is 5.32 Å². The Hall–Kier alpha value is -0.670. The van der Waals surface area contributed by atoms with Crippen LogP contribution in [0.5, 0.6) is 0 Å². The fourth-order valence-electron chi connectivity index (χ4n) is 1.95. The lowest BCUT2D eigenvalue weighted by Crippen LogP contribution is -2.16. The Morgan fingerprint density at radius 3 is 2.78 bits per heavy atom. The molecule has 0 radical (unpaired) electrons. The van der Waals surface area contributed by atoms with Gasteiger partial charge in [-0.2, -0.15) is 0 Å². The lowest BCUT2D eigenvalue weighted by molar-refractivity contribution is 0.375. The van der Waals surface area contributed by atoms with Gasteiger partial charge in [0.05, 0.1) is 17.3 Å². The van der Waals surface area contributed by atoms with Crippen LogP contribution in [-0.2, 0) is 0 Å². The molecule has 0 fully saturated rings. The highest BCUT2D eigenvalue weighted by Gasteiger charge is 2.25. The van der Waals surface area contributed by atoms with E-state index >= 15 is 0 Å². The molecule has 1 N–H and O–H groups in total. The lowest BCUT2D eigenvalue weighted by atomic mass is 9.90. The third-order valence-electron chi connectivity index (χ3n) is 2.67. The highest BCUT2D eigenvalue weighted by atomic mass is 35.5. The number of nitrogens with zero attached hydrogens (tertiary/aromatic N) is 1. The molecule has 0 saturated heterocycles. The van der Waals surface area contributed by atoms with Crippen molar-refractivity contribution in [2.75, 3.05) is 11.9 Å². The Morgan fingerprint density at radius 2 is 2.11 bits per heavy atom. The highest BCUT2D eigenvalue weighted by molar-refractivity contribution is 8.15. The smallest absolute Gasteiger partial charge is 0.161 e. The van der Waals surface area contributed by atoms with E-state index in [4.69, 9.17) is 11.6 Å². The molecule has 1 aromatic carbocycles. The Morgan fingerprint density at radius 1 is 1.39 bits per heavy atom. The third-order valence-corrected chi connectivity index (χ3v) is 4.11. The molecule has 2 nitrogen and oxygen atoms in total. The predicted octanol–water partition coefficient (Wildman–Crippen LogP) is 4.66. The number of aliphatic imine (C=N–C) groups is 1. The van der Waals surface area contributed by atoms with Crippen molar-refractivity contribution in [1.82, 2.24) is 0 Å². The van der Waals surface area contributed by atoms with Gasteiger partial charge in [-0.15, -0.1) is 0 Å². The summed E-state index contributed by atoms with van der Waals surface area (Å²) >= 11 is 7.94. The van der Waals surface area contributed by atoms with Crippen LogP contribution in [0.25, 0.3) is 0 Å². The van der Waals surface area contributed by atoms with E-state index in [1.807, 2.05) is 36.0 Å². The van der Waals surface area contributed by atoms with Crippen LogP contribution < -0.4 is 5.32 Å². The monoisotopic (exact) mass is 282 g/mol. The van der Waals surface area contributed by atoms with Gasteiger partial charge in [0, 0.05) is 5.25 Å². The summed E-state index contributed by atoms with van der Waals surface area (Å²) in [4.78, 5) is 4.55. The number of amidine groups is 1. The number of halogens is 1. The summed E-state index contributed by atoms with van der Waals surface area (Å²) in [6, 6.07) is 7.76. The van der Waals surface area contributed by atoms with Gasteiger partial charge in [0.1, 0.15) is 0 Å². The first-order chi connectivity index (χ1) is 8.44. The van der Waals surface area contributed by atoms with E-state index in [0.29, 0.717) is 10.7 Å². The quantitative estimate of drug-likeness (QED) is 0.853. The Labute approximate surface area is 118 Å². The zero-order valence-corrected chi connectivity index (χ0v) is 12.6. The van der Waals surface area contributed by atoms with Crippen LogP contribution in [0.2, 0.25) is 5.02 Å². The van der Waals surface area contributed by atoms with E-state index in [1.165, 1.54) is 6.42 Å². The molecule has 18 heavy (non-hydrogen) atoms.